The van der Waals surface area contributed by atoms with Crippen molar-refractivity contribution in [3.63, 3.8) is 0 Å². The van der Waals surface area contributed by atoms with Crippen molar-refractivity contribution >= 4 is 11.9 Å². The van der Waals surface area contributed by atoms with Gasteiger partial charge in [-0.15, -0.1) is 0 Å². The average molecular weight is 266 g/mol. The number of carbonyl (C=O) groups is 2. The van der Waals surface area contributed by atoms with Crippen LogP contribution in [0.2, 0.25) is 0 Å². The smallest absolute Gasteiger partial charge is 0.305 e. The van der Waals surface area contributed by atoms with Gasteiger partial charge in [-0.1, -0.05) is 0 Å². The molecular weight excluding hydrogens is 251 g/mol. The molecule has 1 saturated heterocycles. The number of aromatic nitrogens is 1. The van der Waals surface area contributed by atoms with Crippen LogP contribution in [-0.2, 0) is 4.79 Å². The van der Waals surface area contributed by atoms with Crippen molar-refractivity contribution in [1.82, 2.24) is 9.88 Å². The quantitative estimate of drug-likeness (QED) is 0.845. The Labute approximate surface area is 110 Å². The molecule has 1 aromatic rings. The summed E-state index contributed by atoms with van der Waals surface area (Å²) >= 11 is 0. The second-order valence-electron chi connectivity index (χ2n) is 4.61. The topological polar surface area (TPSA) is 70.5 Å². The maximum Gasteiger partial charge on any atom is 0.305 e. The van der Waals surface area contributed by atoms with E-state index in [4.69, 9.17) is 5.11 Å². The fourth-order valence-corrected chi connectivity index (χ4v) is 2.38. The summed E-state index contributed by atoms with van der Waals surface area (Å²) < 4.78 is 13.0. The number of likely N-dealkylation sites (tertiary alicyclic amines) is 1. The van der Waals surface area contributed by atoms with Gasteiger partial charge in [0.25, 0.3) is 5.91 Å². The predicted molar refractivity (Wildman–Crippen MR) is 65.1 cm³/mol. The van der Waals surface area contributed by atoms with Crippen molar-refractivity contribution in [1.29, 1.82) is 0 Å². The number of carboxylic acid groups (broad SMARTS) is 1. The van der Waals surface area contributed by atoms with Crippen molar-refractivity contribution < 1.29 is 19.1 Å². The van der Waals surface area contributed by atoms with Gasteiger partial charge in [0.1, 0.15) is 0 Å². The van der Waals surface area contributed by atoms with Gasteiger partial charge in [-0.3, -0.25) is 9.59 Å². The maximum absolute atomic E-state index is 13.0. The van der Waals surface area contributed by atoms with Gasteiger partial charge in [0.05, 0.1) is 6.42 Å². The van der Waals surface area contributed by atoms with E-state index in [1.165, 1.54) is 17.2 Å². The summed E-state index contributed by atoms with van der Waals surface area (Å²) in [6.07, 6.45) is 3.59. The van der Waals surface area contributed by atoms with Crippen molar-refractivity contribution in [3.05, 3.63) is 29.8 Å². The van der Waals surface area contributed by atoms with Crippen LogP contribution in [0, 0.1) is 5.95 Å². The molecule has 2 rings (SSSR count). The van der Waals surface area contributed by atoms with Crippen LogP contribution in [0.3, 0.4) is 0 Å². The molecule has 1 atom stereocenters. The van der Waals surface area contributed by atoms with Gasteiger partial charge in [0.2, 0.25) is 5.95 Å². The number of hydrogen-bond acceptors (Lipinski definition) is 3. The van der Waals surface area contributed by atoms with Crippen LogP contribution in [0.5, 0.6) is 0 Å². The molecule has 5 nitrogen and oxygen atoms in total. The molecule has 0 aliphatic carbocycles. The molecule has 1 N–H and O–H groups in total. The van der Waals surface area contributed by atoms with Gasteiger partial charge in [-0.25, -0.2) is 4.98 Å². The summed E-state index contributed by atoms with van der Waals surface area (Å²) in [5.41, 5.74) is 0.213. The molecule has 1 unspecified atom stereocenters. The summed E-state index contributed by atoms with van der Waals surface area (Å²) in [6, 6.07) is 2.21. The fourth-order valence-electron chi connectivity index (χ4n) is 2.38. The second kappa shape index (κ2) is 5.77. The molecule has 1 amide bonds. The van der Waals surface area contributed by atoms with E-state index in [9.17, 15) is 14.0 Å². The van der Waals surface area contributed by atoms with E-state index in [1.54, 1.807) is 0 Å². The Balaban J connectivity index is 2.17. The molecule has 0 spiro atoms. The number of carboxylic acids is 1. The minimum Gasteiger partial charge on any atom is -0.481 e. The molecular formula is C13H15FN2O3. The number of nitrogens with zero attached hydrogens (tertiary/aromatic N) is 2. The zero-order valence-electron chi connectivity index (χ0n) is 10.4. The van der Waals surface area contributed by atoms with Crippen LogP contribution in [-0.4, -0.2) is 39.5 Å². The number of piperidine rings is 1. The molecule has 0 saturated carbocycles. The highest BCUT2D eigenvalue weighted by Crippen LogP contribution is 2.22. The molecule has 1 aliphatic rings. The van der Waals surface area contributed by atoms with Crippen LogP contribution < -0.4 is 0 Å². The van der Waals surface area contributed by atoms with Gasteiger partial charge in [-0.2, -0.15) is 4.39 Å². The molecule has 1 aliphatic heterocycles. The summed E-state index contributed by atoms with van der Waals surface area (Å²) in [5.74, 6) is -1.96. The molecule has 2 heterocycles. The molecule has 102 valence electrons. The SMILES string of the molecule is O=C(O)CC1CCCCN1C(=O)c1ccnc(F)c1. The zero-order chi connectivity index (χ0) is 13.8. The first-order chi connectivity index (χ1) is 9.08. The van der Waals surface area contributed by atoms with Crippen LogP contribution >= 0.6 is 0 Å². The lowest BCUT2D eigenvalue weighted by molar-refractivity contribution is -0.138. The first-order valence-electron chi connectivity index (χ1n) is 6.22. The highest BCUT2D eigenvalue weighted by molar-refractivity contribution is 5.94. The van der Waals surface area contributed by atoms with Crippen LogP contribution in [0.1, 0.15) is 36.0 Å². The zero-order valence-corrected chi connectivity index (χ0v) is 10.4. The molecule has 1 fully saturated rings. The highest BCUT2D eigenvalue weighted by atomic mass is 19.1. The van der Waals surface area contributed by atoms with Crippen LogP contribution in [0.25, 0.3) is 0 Å². The third kappa shape index (κ3) is 3.27. The van der Waals surface area contributed by atoms with E-state index in [-0.39, 0.29) is 23.9 Å². The van der Waals surface area contributed by atoms with Crippen molar-refractivity contribution in [2.75, 3.05) is 6.54 Å². The lowest BCUT2D eigenvalue weighted by Gasteiger charge is -2.35. The van der Waals surface area contributed by atoms with Crippen molar-refractivity contribution in [3.8, 4) is 0 Å². The van der Waals surface area contributed by atoms with Gasteiger partial charge < -0.3 is 10.0 Å². The fraction of sp³-hybridized carbons (Fsp3) is 0.462. The largest absolute Gasteiger partial charge is 0.481 e. The number of carbonyl (C=O) groups excluding carboxylic acids is 1. The van der Waals surface area contributed by atoms with E-state index < -0.39 is 11.9 Å². The number of amides is 1. The molecule has 0 aromatic carbocycles. The van der Waals surface area contributed by atoms with Gasteiger partial charge in [0, 0.05) is 30.4 Å². The Morgan fingerprint density at radius 3 is 2.95 bits per heavy atom. The summed E-state index contributed by atoms with van der Waals surface area (Å²) in [4.78, 5) is 28.0. The number of hydrogen-bond donors (Lipinski definition) is 1. The van der Waals surface area contributed by atoms with Crippen molar-refractivity contribution in [2.24, 2.45) is 0 Å². The van der Waals surface area contributed by atoms with E-state index in [2.05, 4.69) is 4.98 Å². The van der Waals surface area contributed by atoms with Crippen molar-refractivity contribution in [2.45, 2.75) is 31.7 Å². The molecule has 6 heteroatoms. The summed E-state index contributed by atoms with van der Waals surface area (Å²) in [6.45, 7) is 0.515. The average Bonchev–Trinajstić information content (AvgIpc) is 2.38. The first-order valence-corrected chi connectivity index (χ1v) is 6.22. The maximum atomic E-state index is 13.0. The van der Waals surface area contributed by atoms with Gasteiger partial charge in [0.15, 0.2) is 0 Å². The van der Waals surface area contributed by atoms with E-state index >= 15 is 0 Å². The minimum atomic E-state index is -0.925. The van der Waals surface area contributed by atoms with E-state index in [0.717, 1.165) is 18.9 Å². The predicted octanol–water partition coefficient (Wildman–Crippen LogP) is 1.69. The minimum absolute atomic E-state index is 0.0701. The third-order valence-corrected chi connectivity index (χ3v) is 3.27. The Hall–Kier alpha value is -1.98. The normalized spacial score (nSPS) is 19.2. The standard InChI is InChI=1S/C13H15FN2O3/c14-11-7-9(4-5-15-11)13(19)16-6-2-1-3-10(16)8-12(17)18/h4-5,7,10H,1-3,6,8H2,(H,17,18). The van der Waals surface area contributed by atoms with Crippen LogP contribution in [0.4, 0.5) is 4.39 Å². The Bertz CT molecular complexity index is 493. The Morgan fingerprint density at radius 2 is 2.26 bits per heavy atom. The molecule has 1 aromatic heterocycles. The lowest BCUT2D eigenvalue weighted by Crippen LogP contribution is -2.44. The monoisotopic (exact) mass is 266 g/mol. The van der Waals surface area contributed by atoms with E-state index in [1.807, 2.05) is 0 Å². The highest BCUT2D eigenvalue weighted by Gasteiger charge is 2.29. The molecule has 0 bridgehead atoms. The number of halogens is 1. The Kier molecular flexibility index (Phi) is 4.09. The number of aliphatic carboxylic acids is 1. The summed E-state index contributed by atoms with van der Waals surface area (Å²) in [7, 11) is 0. The number of pyridine rings is 1. The van der Waals surface area contributed by atoms with Gasteiger partial charge in [-0.05, 0) is 25.3 Å². The second-order valence-corrected chi connectivity index (χ2v) is 4.61. The molecule has 0 radical (unpaired) electrons. The van der Waals surface area contributed by atoms with Crippen LogP contribution in [0.15, 0.2) is 18.3 Å². The third-order valence-electron chi connectivity index (χ3n) is 3.27. The summed E-state index contributed by atoms with van der Waals surface area (Å²) in [5, 5.41) is 8.87. The van der Waals surface area contributed by atoms with Gasteiger partial charge >= 0.3 is 5.97 Å². The molecule has 19 heavy (non-hydrogen) atoms. The Morgan fingerprint density at radius 1 is 1.47 bits per heavy atom. The first kappa shape index (κ1) is 13.5. The lowest BCUT2D eigenvalue weighted by atomic mass is 9.98. The number of rotatable bonds is 3. The van der Waals surface area contributed by atoms with E-state index in [0.29, 0.717) is 13.0 Å².